The Labute approximate surface area is 128 Å². The van der Waals surface area contributed by atoms with Crippen molar-refractivity contribution in [2.24, 2.45) is 5.92 Å². The number of hydrogen-bond acceptors (Lipinski definition) is 4. The second-order valence-corrected chi connectivity index (χ2v) is 5.77. The number of nitrogens with one attached hydrogen (secondary N) is 1. The molecule has 0 aliphatic heterocycles. The first-order chi connectivity index (χ1) is 9.52. The maximum atomic E-state index is 10.8. The lowest BCUT2D eigenvalue weighted by atomic mass is 10.1. The van der Waals surface area contributed by atoms with Gasteiger partial charge in [-0.25, -0.2) is 0 Å². The van der Waals surface area contributed by atoms with Gasteiger partial charge in [-0.1, -0.05) is 26.0 Å². The summed E-state index contributed by atoms with van der Waals surface area (Å²) in [6.45, 7) is 7.07. The van der Waals surface area contributed by atoms with Gasteiger partial charge in [0.15, 0.2) is 0 Å². The van der Waals surface area contributed by atoms with E-state index >= 15 is 0 Å². The van der Waals surface area contributed by atoms with Crippen molar-refractivity contribution in [1.82, 2.24) is 5.32 Å². The molecule has 0 radical (unpaired) electrons. The van der Waals surface area contributed by atoms with Crippen LogP contribution < -0.4 is 5.32 Å². The first kappa shape index (κ1) is 17.1. The number of nitrogens with zero attached hydrogens (tertiary/aromatic N) is 1. The van der Waals surface area contributed by atoms with Crippen LogP contribution in [0.1, 0.15) is 25.8 Å². The highest BCUT2D eigenvalue weighted by Crippen LogP contribution is 2.27. The third-order valence-corrected chi connectivity index (χ3v) is 3.75. The maximum Gasteiger partial charge on any atom is 0.283 e. The third-order valence-electron chi connectivity index (χ3n) is 2.83. The van der Waals surface area contributed by atoms with E-state index in [4.69, 9.17) is 4.74 Å². The Hall–Kier alpha value is -0.980. The van der Waals surface area contributed by atoms with Gasteiger partial charge in [0.1, 0.15) is 0 Å². The van der Waals surface area contributed by atoms with Gasteiger partial charge >= 0.3 is 0 Å². The van der Waals surface area contributed by atoms with Crippen molar-refractivity contribution in [3.63, 3.8) is 0 Å². The van der Waals surface area contributed by atoms with Crippen molar-refractivity contribution in [1.29, 1.82) is 0 Å². The van der Waals surface area contributed by atoms with Crippen molar-refractivity contribution < 1.29 is 9.66 Å². The van der Waals surface area contributed by atoms with Gasteiger partial charge < -0.3 is 10.1 Å². The van der Waals surface area contributed by atoms with Gasteiger partial charge in [-0.15, -0.1) is 0 Å². The molecule has 0 fully saturated rings. The number of rotatable bonds is 9. The molecule has 0 aliphatic rings. The van der Waals surface area contributed by atoms with E-state index in [0.717, 1.165) is 25.1 Å². The van der Waals surface area contributed by atoms with Gasteiger partial charge in [0, 0.05) is 25.8 Å². The number of halogens is 1. The molecule has 1 N–H and O–H groups in total. The Morgan fingerprint density at radius 2 is 2.15 bits per heavy atom. The molecular formula is C14H21BrN2O3. The fraction of sp³-hybridized carbons (Fsp3) is 0.571. The summed E-state index contributed by atoms with van der Waals surface area (Å²) >= 11 is 3.28. The fourth-order valence-corrected chi connectivity index (χ4v) is 2.18. The lowest BCUT2D eigenvalue weighted by Gasteiger charge is -2.09. The van der Waals surface area contributed by atoms with Crippen molar-refractivity contribution in [3.8, 4) is 0 Å². The van der Waals surface area contributed by atoms with E-state index in [-0.39, 0.29) is 10.6 Å². The van der Waals surface area contributed by atoms with Crippen LogP contribution in [-0.4, -0.2) is 24.7 Å². The summed E-state index contributed by atoms with van der Waals surface area (Å²) in [4.78, 5) is 10.4. The molecule has 0 atom stereocenters. The highest BCUT2D eigenvalue weighted by molar-refractivity contribution is 9.10. The molecule has 0 bridgehead atoms. The summed E-state index contributed by atoms with van der Waals surface area (Å²) < 4.78 is 6.03. The van der Waals surface area contributed by atoms with E-state index in [1.54, 1.807) is 6.07 Å². The van der Waals surface area contributed by atoms with Crippen LogP contribution in [0.4, 0.5) is 5.69 Å². The zero-order valence-electron chi connectivity index (χ0n) is 11.9. The zero-order valence-corrected chi connectivity index (χ0v) is 13.5. The molecule has 112 valence electrons. The molecule has 0 unspecified atom stereocenters. The molecule has 1 aromatic carbocycles. The molecule has 0 aromatic heterocycles. The lowest BCUT2D eigenvalue weighted by molar-refractivity contribution is -0.385. The first-order valence-corrected chi connectivity index (χ1v) is 7.52. The first-order valence-electron chi connectivity index (χ1n) is 6.72. The molecule has 0 aliphatic carbocycles. The fourth-order valence-electron chi connectivity index (χ4n) is 1.63. The van der Waals surface area contributed by atoms with Gasteiger partial charge in [0.25, 0.3) is 5.69 Å². The van der Waals surface area contributed by atoms with Gasteiger partial charge in [-0.05, 0) is 33.8 Å². The molecule has 20 heavy (non-hydrogen) atoms. The zero-order chi connectivity index (χ0) is 15.0. The number of nitro benzene ring substituents is 1. The van der Waals surface area contributed by atoms with Gasteiger partial charge in [-0.3, -0.25) is 10.1 Å². The summed E-state index contributed by atoms with van der Waals surface area (Å²) in [5.41, 5.74) is 0.971. The molecule has 0 saturated heterocycles. The molecule has 0 saturated carbocycles. The smallest absolute Gasteiger partial charge is 0.283 e. The van der Waals surface area contributed by atoms with Crippen molar-refractivity contribution in [3.05, 3.63) is 38.3 Å². The minimum atomic E-state index is -0.386. The second-order valence-electron chi connectivity index (χ2n) is 4.98. The second kappa shape index (κ2) is 9.05. The summed E-state index contributed by atoms with van der Waals surface area (Å²) in [6.07, 6.45) is 1.07. The Balaban J connectivity index is 2.29. The molecule has 1 rings (SSSR count). The van der Waals surface area contributed by atoms with E-state index in [1.807, 2.05) is 6.07 Å². The van der Waals surface area contributed by atoms with Crippen LogP contribution in [0.3, 0.4) is 0 Å². The molecule has 0 spiro atoms. The summed E-state index contributed by atoms with van der Waals surface area (Å²) in [5.74, 6) is 0.656. The van der Waals surface area contributed by atoms with Crippen LogP contribution in [0.25, 0.3) is 0 Å². The summed E-state index contributed by atoms with van der Waals surface area (Å²) in [7, 11) is 0. The molecule has 5 nitrogen and oxygen atoms in total. The minimum Gasteiger partial charge on any atom is -0.380 e. The van der Waals surface area contributed by atoms with E-state index in [1.165, 1.54) is 6.07 Å². The van der Waals surface area contributed by atoms with Gasteiger partial charge in [0.2, 0.25) is 0 Å². The number of hydrogen-bond donors (Lipinski definition) is 1. The Bertz CT molecular complexity index is 438. The third kappa shape index (κ3) is 5.98. The van der Waals surface area contributed by atoms with E-state index in [2.05, 4.69) is 35.1 Å². The van der Waals surface area contributed by atoms with Gasteiger partial charge in [-0.2, -0.15) is 0 Å². The molecule has 0 amide bonds. The Morgan fingerprint density at radius 1 is 1.40 bits per heavy atom. The predicted octanol–water partition coefficient (Wildman–Crippen LogP) is 3.51. The Morgan fingerprint density at radius 3 is 2.80 bits per heavy atom. The van der Waals surface area contributed by atoms with E-state index in [9.17, 15) is 10.1 Å². The normalized spacial score (nSPS) is 11.0. The monoisotopic (exact) mass is 344 g/mol. The van der Waals surface area contributed by atoms with Crippen molar-refractivity contribution >= 4 is 21.6 Å². The molecule has 0 heterocycles. The highest BCUT2D eigenvalue weighted by atomic mass is 79.9. The average Bonchev–Trinajstić information content (AvgIpc) is 2.38. The van der Waals surface area contributed by atoms with Crippen LogP contribution >= 0.6 is 15.9 Å². The van der Waals surface area contributed by atoms with Crippen LogP contribution in [-0.2, 0) is 11.3 Å². The average molecular weight is 345 g/mol. The Kier molecular flexibility index (Phi) is 7.72. The maximum absolute atomic E-state index is 10.8. The van der Waals surface area contributed by atoms with E-state index < -0.39 is 0 Å². The largest absolute Gasteiger partial charge is 0.380 e. The predicted molar refractivity (Wildman–Crippen MR) is 82.8 cm³/mol. The van der Waals surface area contributed by atoms with Crippen molar-refractivity contribution in [2.45, 2.75) is 26.8 Å². The number of ether oxygens (including phenoxy) is 1. The van der Waals surface area contributed by atoms with Crippen LogP contribution in [0.2, 0.25) is 0 Å². The highest BCUT2D eigenvalue weighted by Gasteiger charge is 2.14. The van der Waals surface area contributed by atoms with Crippen LogP contribution in [0.5, 0.6) is 0 Å². The van der Waals surface area contributed by atoms with E-state index in [0.29, 0.717) is 23.5 Å². The topological polar surface area (TPSA) is 64.4 Å². The number of benzene rings is 1. The lowest BCUT2D eigenvalue weighted by Crippen LogP contribution is -2.20. The number of nitro groups is 1. The molecule has 6 heteroatoms. The standard InChI is InChI=1S/C14H21BrN2O3/c1-11(2)6-8-20-9-7-16-10-12-4-3-5-13(14(12)15)17(18)19/h3-5,11,16H,6-10H2,1-2H3. The van der Waals surface area contributed by atoms with Crippen LogP contribution in [0.15, 0.2) is 22.7 Å². The van der Waals surface area contributed by atoms with Crippen LogP contribution in [0, 0.1) is 16.0 Å². The SMILES string of the molecule is CC(C)CCOCCNCc1cccc([N+](=O)[O-])c1Br. The van der Waals surface area contributed by atoms with Crippen molar-refractivity contribution in [2.75, 3.05) is 19.8 Å². The summed E-state index contributed by atoms with van der Waals surface area (Å²) in [6, 6.07) is 5.05. The summed E-state index contributed by atoms with van der Waals surface area (Å²) in [5, 5.41) is 14.0. The van der Waals surface area contributed by atoms with Gasteiger partial charge in [0.05, 0.1) is 16.0 Å². The quantitative estimate of drug-likeness (QED) is 0.423. The molecule has 1 aromatic rings. The minimum absolute atomic E-state index is 0.0949. The molecular weight excluding hydrogens is 324 g/mol.